The van der Waals surface area contributed by atoms with Gasteiger partial charge in [-0.2, -0.15) is 5.26 Å². The fourth-order valence-corrected chi connectivity index (χ4v) is 3.82. The fourth-order valence-electron chi connectivity index (χ4n) is 3.82. The van der Waals surface area contributed by atoms with Crippen molar-refractivity contribution in [2.45, 2.75) is 38.1 Å². The van der Waals surface area contributed by atoms with E-state index in [1.54, 1.807) is 0 Å². The highest BCUT2D eigenvalue weighted by atomic mass is 16.2. The summed E-state index contributed by atoms with van der Waals surface area (Å²) in [6.45, 7) is 6.15. The van der Waals surface area contributed by atoms with Crippen molar-refractivity contribution in [3.8, 4) is 6.07 Å². The number of carbonyl (C=O) groups is 1. The van der Waals surface area contributed by atoms with Gasteiger partial charge in [0.25, 0.3) is 0 Å². The number of hydrogen-bond donors (Lipinski definition) is 1. The van der Waals surface area contributed by atoms with Crippen molar-refractivity contribution < 1.29 is 4.79 Å². The first kappa shape index (κ1) is 16.8. The van der Waals surface area contributed by atoms with Crippen LogP contribution in [0.4, 0.5) is 5.69 Å². The normalized spacial score (nSPS) is 20.6. The maximum Gasteiger partial charge on any atom is 0.235 e. The molecule has 0 aromatic heterocycles. The molecule has 1 aliphatic heterocycles. The summed E-state index contributed by atoms with van der Waals surface area (Å²) in [4.78, 5) is 16.9. The van der Waals surface area contributed by atoms with Crippen molar-refractivity contribution in [2.75, 3.05) is 37.6 Å². The summed E-state index contributed by atoms with van der Waals surface area (Å²) in [5.74, 6) is -0.0113. The van der Waals surface area contributed by atoms with Gasteiger partial charge in [-0.1, -0.05) is 18.2 Å². The predicted molar refractivity (Wildman–Crippen MR) is 94.8 cm³/mol. The summed E-state index contributed by atoms with van der Waals surface area (Å²) in [6, 6.07) is 10.8. The zero-order valence-corrected chi connectivity index (χ0v) is 14.4. The van der Waals surface area contributed by atoms with Crippen molar-refractivity contribution in [3.05, 3.63) is 29.8 Å². The molecule has 0 unspecified atom stereocenters. The van der Waals surface area contributed by atoms with E-state index in [1.807, 2.05) is 0 Å². The van der Waals surface area contributed by atoms with E-state index in [0.717, 1.165) is 51.9 Å². The second-order valence-electron chi connectivity index (χ2n) is 7.00. The molecule has 5 heteroatoms. The van der Waals surface area contributed by atoms with Gasteiger partial charge in [-0.05, 0) is 44.2 Å². The Morgan fingerprint density at radius 1 is 1.21 bits per heavy atom. The molecule has 0 spiro atoms. The van der Waals surface area contributed by atoms with Crippen molar-refractivity contribution in [1.82, 2.24) is 10.2 Å². The number of nitrogens with zero attached hydrogens (tertiary/aromatic N) is 3. The Hall–Kier alpha value is -2.06. The lowest BCUT2D eigenvalue weighted by Crippen LogP contribution is -2.53. The molecule has 1 aromatic carbocycles. The van der Waals surface area contributed by atoms with Crippen LogP contribution in [0.1, 0.15) is 31.2 Å². The van der Waals surface area contributed by atoms with Crippen LogP contribution >= 0.6 is 0 Å². The Labute approximate surface area is 144 Å². The summed E-state index contributed by atoms with van der Waals surface area (Å²) in [7, 11) is 0. The zero-order chi connectivity index (χ0) is 17.0. The average Bonchev–Trinajstić information content (AvgIpc) is 3.05. The largest absolute Gasteiger partial charge is 0.369 e. The van der Waals surface area contributed by atoms with Gasteiger partial charge in [0.15, 0.2) is 0 Å². The summed E-state index contributed by atoms with van der Waals surface area (Å²) in [6.07, 6.45) is 3.64. The van der Waals surface area contributed by atoms with Crippen LogP contribution < -0.4 is 10.2 Å². The molecule has 0 radical (unpaired) electrons. The fraction of sp³-hybridized carbons (Fsp3) is 0.579. The predicted octanol–water partition coefficient (Wildman–Crippen LogP) is 2.07. The van der Waals surface area contributed by atoms with E-state index in [4.69, 9.17) is 0 Å². The SMILES string of the molecule is Cc1ccccc1N1CCN(CC(=O)NC2(C#N)CCCC2)CC1. The molecule has 1 saturated carbocycles. The third kappa shape index (κ3) is 3.70. The quantitative estimate of drug-likeness (QED) is 0.920. The van der Waals surface area contributed by atoms with E-state index in [0.29, 0.717) is 6.54 Å². The Morgan fingerprint density at radius 2 is 1.88 bits per heavy atom. The molecule has 128 valence electrons. The van der Waals surface area contributed by atoms with Gasteiger partial charge in [0.05, 0.1) is 12.6 Å². The van der Waals surface area contributed by atoms with Crippen LogP contribution in [0.5, 0.6) is 0 Å². The molecule has 3 rings (SSSR count). The first-order valence-corrected chi connectivity index (χ1v) is 8.87. The van der Waals surface area contributed by atoms with Crippen LogP contribution in [0.15, 0.2) is 24.3 Å². The van der Waals surface area contributed by atoms with E-state index >= 15 is 0 Å². The summed E-state index contributed by atoms with van der Waals surface area (Å²) < 4.78 is 0. The Kier molecular flexibility index (Phi) is 5.06. The molecule has 2 fully saturated rings. The molecule has 24 heavy (non-hydrogen) atoms. The molecule has 1 saturated heterocycles. The first-order valence-electron chi connectivity index (χ1n) is 8.87. The zero-order valence-electron chi connectivity index (χ0n) is 14.4. The first-order chi connectivity index (χ1) is 11.6. The highest BCUT2D eigenvalue weighted by molar-refractivity contribution is 5.79. The van der Waals surface area contributed by atoms with Crippen molar-refractivity contribution in [2.24, 2.45) is 0 Å². The van der Waals surface area contributed by atoms with Crippen LogP contribution in [0.2, 0.25) is 0 Å². The van der Waals surface area contributed by atoms with Gasteiger partial charge in [0.1, 0.15) is 5.54 Å². The Morgan fingerprint density at radius 3 is 2.50 bits per heavy atom. The van der Waals surface area contributed by atoms with Gasteiger partial charge >= 0.3 is 0 Å². The molecule has 5 nitrogen and oxygen atoms in total. The topological polar surface area (TPSA) is 59.4 Å². The molecule has 0 atom stereocenters. The van der Waals surface area contributed by atoms with E-state index < -0.39 is 5.54 Å². The van der Waals surface area contributed by atoms with E-state index in [-0.39, 0.29) is 5.91 Å². The maximum absolute atomic E-state index is 12.3. The minimum absolute atomic E-state index is 0.0113. The number of amides is 1. The van der Waals surface area contributed by atoms with Gasteiger partial charge in [-0.3, -0.25) is 9.69 Å². The third-order valence-corrected chi connectivity index (χ3v) is 5.25. The monoisotopic (exact) mass is 326 g/mol. The molecule has 0 bridgehead atoms. The van der Waals surface area contributed by atoms with Gasteiger partial charge < -0.3 is 10.2 Å². The number of para-hydroxylation sites is 1. The summed E-state index contributed by atoms with van der Waals surface area (Å²) in [5.41, 5.74) is 1.97. The van der Waals surface area contributed by atoms with Gasteiger partial charge in [0, 0.05) is 31.9 Å². The van der Waals surface area contributed by atoms with E-state index in [1.165, 1.54) is 11.3 Å². The number of hydrogen-bond acceptors (Lipinski definition) is 4. The summed E-state index contributed by atoms with van der Waals surface area (Å²) in [5, 5.41) is 12.4. The number of piperazine rings is 1. The molecule has 2 aliphatic rings. The second kappa shape index (κ2) is 7.23. The number of aryl methyl sites for hydroxylation is 1. The average molecular weight is 326 g/mol. The van der Waals surface area contributed by atoms with Crippen LogP contribution in [0, 0.1) is 18.3 Å². The van der Waals surface area contributed by atoms with E-state index in [9.17, 15) is 10.1 Å². The molecule has 1 aromatic rings. The smallest absolute Gasteiger partial charge is 0.235 e. The lowest BCUT2D eigenvalue weighted by Gasteiger charge is -2.36. The molecule has 1 N–H and O–H groups in total. The minimum atomic E-state index is -0.611. The van der Waals surface area contributed by atoms with E-state index in [2.05, 4.69) is 52.4 Å². The van der Waals surface area contributed by atoms with Crippen molar-refractivity contribution >= 4 is 11.6 Å². The molecular formula is C19H26N4O. The number of nitrogens with one attached hydrogen (secondary N) is 1. The maximum atomic E-state index is 12.3. The minimum Gasteiger partial charge on any atom is -0.369 e. The Bertz CT molecular complexity index is 622. The van der Waals surface area contributed by atoms with Crippen LogP contribution in [0.25, 0.3) is 0 Å². The van der Waals surface area contributed by atoms with Crippen LogP contribution in [-0.4, -0.2) is 49.1 Å². The number of nitriles is 1. The highest BCUT2D eigenvalue weighted by Crippen LogP contribution is 2.28. The number of rotatable bonds is 4. The Balaban J connectivity index is 1.50. The highest BCUT2D eigenvalue weighted by Gasteiger charge is 2.35. The van der Waals surface area contributed by atoms with Gasteiger partial charge in [0.2, 0.25) is 5.91 Å². The lowest BCUT2D eigenvalue weighted by atomic mass is 10.00. The van der Waals surface area contributed by atoms with Gasteiger partial charge in [-0.15, -0.1) is 0 Å². The third-order valence-electron chi connectivity index (χ3n) is 5.25. The molecule has 1 amide bonds. The number of benzene rings is 1. The lowest BCUT2D eigenvalue weighted by molar-refractivity contribution is -0.123. The number of anilines is 1. The molecular weight excluding hydrogens is 300 g/mol. The molecule has 1 aliphatic carbocycles. The standard InChI is InChI=1S/C19H26N4O/c1-16-6-2-3-7-17(16)23-12-10-22(11-13-23)14-18(24)21-19(15-20)8-4-5-9-19/h2-3,6-7H,4-5,8-14H2,1H3,(H,21,24). The van der Waals surface area contributed by atoms with Gasteiger partial charge in [-0.25, -0.2) is 0 Å². The molecule has 1 heterocycles. The van der Waals surface area contributed by atoms with Crippen molar-refractivity contribution in [3.63, 3.8) is 0 Å². The van der Waals surface area contributed by atoms with Crippen LogP contribution in [-0.2, 0) is 4.79 Å². The number of carbonyl (C=O) groups excluding carboxylic acids is 1. The summed E-state index contributed by atoms with van der Waals surface area (Å²) >= 11 is 0. The van der Waals surface area contributed by atoms with Crippen molar-refractivity contribution in [1.29, 1.82) is 5.26 Å². The van der Waals surface area contributed by atoms with Crippen LogP contribution in [0.3, 0.4) is 0 Å². The second-order valence-corrected chi connectivity index (χ2v) is 7.00.